The number of hydrogen-bond donors (Lipinski definition) is 2. The van der Waals surface area contributed by atoms with Crippen molar-refractivity contribution in [3.63, 3.8) is 0 Å². The standard InChI is InChI=1S/C46H63N9O4S/c1-10-54-40-16-13-31(39-27-60-41(49-39)24-38(45(57)55-17-11-12-29(2)51-55)50-44(56)33-14-15-37(33)47-6)22-34(40)36(25-46(4,5)28-58-8)43(54)35-23-32(26-48-42(35)30(3)59-9)53-20-18-52(7)19-21-53/h6,13,16,22-23,26-27,29-30,33,37-38,51H,10-12,14-15,17-21,24-25,28H2,1-5,7-9H3/p+1/t29-,30+,33-,37-,38+/m1/s1. The number of likely N-dealkylation sites (N-methyl/N-ethyl adjacent to an activating group) is 1. The van der Waals surface area contributed by atoms with E-state index < -0.39 is 6.04 Å². The van der Waals surface area contributed by atoms with Crippen LogP contribution in [0.15, 0.2) is 35.8 Å². The van der Waals surface area contributed by atoms with E-state index in [1.807, 2.05) is 6.20 Å². The highest BCUT2D eigenvalue weighted by atomic mass is 32.1. The van der Waals surface area contributed by atoms with Crippen LogP contribution in [0.5, 0.6) is 0 Å². The van der Waals surface area contributed by atoms with E-state index in [0.29, 0.717) is 19.6 Å². The molecule has 2 amide bonds. The van der Waals surface area contributed by atoms with Gasteiger partial charge in [-0.15, -0.1) is 11.3 Å². The lowest BCUT2D eigenvalue weighted by Gasteiger charge is -2.35. The third kappa shape index (κ3) is 9.26. The van der Waals surface area contributed by atoms with Crippen LogP contribution in [0.4, 0.5) is 5.69 Å². The number of nitrogens with zero attached hydrogens (tertiary/aromatic N) is 7. The summed E-state index contributed by atoms with van der Waals surface area (Å²) >= 11 is 1.51. The van der Waals surface area contributed by atoms with E-state index in [2.05, 4.69) is 101 Å². The number of carbonyl (C=O) groups excluding carboxylic acids is 2. The normalized spacial score (nSPS) is 21.1. The number of thiazole rings is 1. The van der Waals surface area contributed by atoms with Gasteiger partial charge in [0, 0.05) is 99.8 Å². The number of rotatable bonds is 15. The van der Waals surface area contributed by atoms with Crippen LogP contribution in [-0.2, 0) is 38.4 Å². The number of methoxy groups -OCH3 is 2. The number of piperazine rings is 1. The third-order valence-electron chi connectivity index (χ3n) is 12.7. The van der Waals surface area contributed by atoms with E-state index in [-0.39, 0.29) is 47.8 Å². The molecule has 3 aliphatic rings. The maximum absolute atomic E-state index is 14.0. The zero-order valence-corrected chi connectivity index (χ0v) is 37.6. The molecule has 5 atom stereocenters. The number of hydrazine groups is 1. The number of anilines is 1. The Morgan fingerprint density at radius 2 is 1.90 bits per heavy atom. The summed E-state index contributed by atoms with van der Waals surface area (Å²) in [5.74, 6) is -0.656. The van der Waals surface area contributed by atoms with Gasteiger partial charge >= 0.3 is 0 Å². The van der Waals surface area contributed by atoms with Crippen LogP contribution in [0.2, 0.25) is 0 Å². The van der Waals surface area contributed by atoms with Crippen molar-refractivity contribution in [3.05, 3.63) is 57.0 Å². The number of aromatic nitrogens is 3. The summed E-state index contributed by atoms with van der Waals surface area (Å²) in [6.07, 6.45) is 6.23. The zero-order valence-electron chi connectivity index (χ0n) is 36.8. The highest BCUT2D eigenvalue weighted by Crippen LogP contribution is 2.43. The van der Waals surface area contributed by atoms with Crippen LogP contribution < -0.4 is 15.6 Å². The molecule has 0 unspecified atom stereocenters. The Hall–Kier alpha value is -4.39. The van der Waals surface area contributed by atoms with E-state index >= 15 is 0 Å². The summed E-state index contributed by atoms with van der Waals surface area (Å²) in [5.41, 5.74) is 11.6. The maximum Gasteiger partial charge on any atom is 0.283 e. The minimum atomic E-state index is -0.773. The van der Waals surface area contributed by atoms with E-state index in [4.69, 9.17) is 26.0 Å². The molecule has 1 saturated carbocycles. The fourth-order valence-electron chi connectivity index (χ4n) is 9.12. The molecule has 0 radical (unpaired) electrons. The lowest BCUT2D eigenvalue weighted by atomic mass is 9.79. The molecule has 7 rings (SSSR count). The molecule has 13 nitrogen and oxygen atoms in total. The molecule has 2 aliphatic heterocycles. The summed E-state index contributed by atoms with van der Waals surface area (Å²) in [7, 11) is 5.69. The van der Waals surface area contributed by atoms with Crippen molar-refractivity contribution in [3.8, 4) is 29.1 Å². The Balaban J connectivity index is 1.28. The second kappa shape index (κ2) is 18.7. The second-order valence-corrected chi connectivity index (χ2v) is 18.8. The van der Waals surface area contributed by atoms with Crippen molar-refractivity contribution in [2.45, 2.75) is 104 Å². The fraction of sp³-hybridized carbons (Fsp3) is 0.587. The Bertz CT molecular complexity index is 2200. The molecule has 3 fully saturated rings. The first-order chi connectivity index (χ1) is 28.8. The summed E-state index contributed by atoms with van der Waals surface area (Å²) in [4.78, 5) is 46.4. The molecule has 1 aromatic carbocycles. The topological polar surface area (TPSA) is 121 Å². The summed E-state index contributed by atoms with van der Waals surface area (Å²) in [5, 5.41) is 8.75. The Kier molecular flexibility index (Phi) is 13.6. The first-order valence-corrected chi connectivity index (χ1v) is 22.6. The SMILES string of the molecule is C#[N+][C@@H]1CC[C@H]1C(=O)N[C@@H](Cc1nc(-c2ccc3c(c2)c(CC(C)(C)COC)c(-c2cc(N4CCN(C)CC4)cnc2[C@H](C)OC)n3CC)cs1)C(=O)N1CCC[C@@H](C)N1. The fourth-order valence-corrected chi connectivity index (χ4v) is 9.97. The highest BCUT2D eigenvalue weighted by Gasteiger charge is 2.45. The van der Waals surface area contributed by atoms with Gasteiger partial charge in [0.25, 0.3) is 18.5 Å². The van der Waals surface area contributed by atoms with Gasteiger partial charge in [0.05, 0.1) is 46.7 Å². The van der Waals surface area contributed by atoms with Crippen LogP contribution >= 0.6 is 11.3 Å². The second-order valence-electron chi connectivity index (χ2n) is 17.8. The van der Waals surface area contributed by atoms with Crippen molar-refractivity contribution in [2.75, 3.05) is 65.5 Å². The van der Waals surface area contributed by atoms with Gasteiger partial charge in [-0.05, 0) is 82.7 Å². The molecule has 2 saturated heterocycles. The van der Waals surface area contributed by atoms with E-state index in [1.54, 1.807) is 19.2 Å². The first kappa shape index (κ1) is 43.7. The quantitative estimate of drug-likeness (QED) is 0.133. The number of pyridine rings is 1. The van der Waals surface area contributed by atoms with Crippen LogP contribution in [0.3, 0.4) is 0 Å². The number of amides is 2. The van der Waals surface area contributed by atoms with Crippen molar-refractivity contribution in [2.24, 2.45) is 11.3 Å². The Morgan fingerprint density at radius 3 is 2.57 bits per heavy atom. The van der Waals surface area contributed by atoms with Gasteiger partial charge in [-0.3, -0.25) is 19.6 Å². The number of ether oxygens (including phenoxy) is 2. The maximum atomic E-state index is 14.0. The van der Waals surface area contributed by atoms with Crippen molar-refractivity contribution in [1.82, 2.24) is 35.2 Å². The van der Waals surface area contributed by atoms with Crippen LogP contribution in [-0.4, -0.2) is 115 Å². The van der Waals surface area contributed by atoms with Gasteiger partial charge in [0.2, 0.25) is 5.91 Å². The Labute approximate surface area is 359 Å². The van der Waals surface area contributed by atoms with Gasteiger partial charge in [-0.2, -0.15) is 0 Å². The summed E-state index contributed by atoms with van der Waals surface area (Å²) in [6, 6.07) is 8.16. The molecule has 60 heavy (non-hydrogen) atoms. The minimum Gasteiger partial charge on any atom is -0.384 e. The van der Waals surface area contributed by atoms with Gasteiger partial charge in [-0.1, -0.05) is 24.8 Å². The predicted molar refractivity (Wildman–Crippen MR) is 240 cm³/mol. The smallest absolute Gasteiger partial charge is 0.283 e. The molecule has 3 aromatic heterocycles. The number of fused-ring (bicyclic) bond motifs is 1. The summed E-state index contributed by atoms with van der Waals surface area (Å²) in [6.45, 7) is 22.3. The van der Waals surface area contributed by atoms with Crippen molar-refractivity contribution in [1.29, 1.82) is 0 Å². The van der Waals surface area contributed by atoms with Crippen molar-refractivity contribution < 1.29 is 19.1 Å². The predicted octanol–water partition coefficient (Wildman–Crippen LogP) is 6.81. The van der Waals surface area contributed by atoms with Crippen LogP contribution in [0, 0.1) is 17.9 Å². The largest absolute Gasteiger partial charge is 0.384 e. The Morgan fingerprint density at radius 1 is 1.12 bits per heavy atom. The van der Waals surface area contributed by atoms with Gasteiger partial charge < -0.3 is 29.2 Å². The molecule has 5 heterocycles. The van der Waals surface area contributed by atoms with Gasteiger partial charge in [0.1, 0.15) is 12.0 Å². The number of nitrogens with one attached hydrogen (secondary N) is 2. The molecular weight excluding hydrogens is 775 g/mol. The highest BCUT2D eigenvalue weighted by molar-refractivity contribution is 7.10. The lowest BCUT2D eigenvalue weighted by molar-refractivity contribution is -0.142. The average molecular weight is 839 g/mol. The number of aryl methyl sites for hydroxylation is 1. The van der Waals surface area contributed by atoms with Crippen molar-refractivity contribution >= 4 is 39.7 Å². The molecule has 1 aliphatic carbocycles. The number of hydrogen-bond acceptors (Lipinski definition) is 10. The minimum absolute atomic E-state index is 0.154. The van der Waals surface area contributed by atoms with E-state index in [1.165, 1.54) is 16.9 Å². The van der Waals surface area contributed by atoms with E-state index in [9.17, 15) is 9.59 Å². The van der Waals surface area contributed by atoms with Gasteiger partial charge in [-0.25, -0.2) is 10.4 Å². The number of benzene rings is 1. The molecule has 0 bridgehead atoms. The van der Waals surface area contributed by atoms with E-state index in [0.717, 1.165) is 108 Å². The lowest BCUT2D eigenvalue weighted by Crippen LogP contribution is -2.59. The molecule has 4 aromatic rings. The average Bonchev–Trinajstić information content (AvgIpc) is 3.81. The first-order valence-electron chi connectivity index (χ1n) is 21.7. The molecule has 322 valence electrons. The van der Waals surface area contributed by atoms with Crippen LogP contribution in [0.1, 0.15) is 82.7 Å². The molecule has 14 heteroatoms. The third-order valence-corrected chi connectivity index (χ3v) is 13.6. The monoisotopic (exact) mass is 838 g/mol. The zero-order chi connectivity index (χ0) is 42.7. The van der Waals surface area contributed by atoms with Crippen LogP contribution in [0.25, 0.3) is 38.3 Å². The molecule has 2 N–H and O–H groups in total. The number of carbonyl (C=O) groups is 2. The summed E-state index contributed by atoms with van der Waals surface area (Å²) < 4.78 is 14.2. The molecule has 0 spiro atoms. The van der Waals surface area contributed by atoms with Gasteiger partial charge in [0.15, 0.2) is 0 Å². The molecular formula is C46H64N9O4S+.